The van der Waals surface area contributed by atoms with E-state index in [0.29, 0.717) is 32.9 Å². The van der Waals surface area contributed by atoms with Crippen molar-refractivity contribution in [2.75, 3.05) is 30.6 Å². The molecule has 0 aliphatic heterocycles. The van der Waals surface area contributed by atoms with E-state index in [1.807, 2.05) is 5.38 Å². The molecule has 0 aliphatic carbocycles. The molecule has 2 N–H and O–H groups in total. The number of rotatable bonds is 9. The van der Waals surface area contributed by atoms with Crippen molar-refractivity contribution in [3.63, 3.8) is 0 Å². The van der Waals surface area contributed by atoms with Gasteiger partial charge in [-0.15, -0.1) is 23.1 Å². The Morgan fingerprint density at radius 3 is 2.58 bits per heavy atom. The van der Waals surface area contributed by atoms with Gasteiger partial charge in [0.05, 0.1) is 31.2 Å². The molecule has 1 aromatic heterocycles. The van der Waals surface area contributed by atoms with Gasteiger partial charge in [-0.3, -0.25) is 14.9 Å². The summed E-state index contributed by atoms with van der Waals surface area (Å²) in [6.45, 7) is 0. The Balaban J connectivity index is 1.48. The van der Waals surface area contributed by atoms with Gasteiger partial charge in [-0.2, -0.15) is 0 Å². The number of carbonyl (C=O) groups is 2. The van der Waals surface area contributed by atoms with Crippen LogP contribution in [-0.4, -0.2) is 36.8 Å². The molecule has 0 radical (unpaired) electrons. The second-order valence-electron chi connectivity index (χ2n) is 6.21. The first-order valence-electron chi connectivity index (χ1n) is 9.09. The number of ether oxygens (including phenoxy) is 2. The third kappa shape index (κ3) is 6.61. The van der Waals surface area contributed by atoms with E-state index >= 15 is 0 Å². The fourth-order valence-corrected chi connectivity index (χ4v) is 4.27. The van der Waals surface area contributed by atoms with Crippen LogP contribution in [0.4, 0.5) is 10.8 Å². The van der Waals surface area contributed by atoms with Crippen LogP contribution in [0.1, 0.15) is 16.1 Å². The maximum atomic E-state index is 12.5. The summed E-state index contributed by atoms with van der Waals surface area (Å²) in [6.07, 6.45) is 0. The summed E-state index contributed by atoms with van der Waals surface area (Å²) in [5, 5.41) is 8.33. The van der Waals surface area contributed by atoms with Gasteiger partial charge in [0.2, 0.25) is 5.91 Å². The SMILES string of the molecule is COc1ccc(NC(=O)CSCc2csc(NC(=O)c3cc(Cl)ccc3OC)n2)cc1. The summed E-state index contributed by atoms with van der Waals surface area (Å²) < 4.78 is 10.3. The Hall–Kier alpha value is -2.75. The zero-order chi connectivity index (χ0) is 22.2. The normalized spacial score (nSPS) is 10.4. The zero-order valence-electron chi connectivity index (χ0n) is 16.8. The molecule has 0 fully saturated rings. The van der Waals surface area contributed by atoms with Crippen molar-refractivity contribution in [3.8, 4) is 11.5 Å². The summed E-state index contributed by atoms with van der Waals surface area (Å²) in [6, 6.07) is 12.0. The molecule has 1 heterocycles. The summed E-state index contributed by atoms with van der Waals surface area (Å²) >= 11 is 8.73. The van der Waals surface area contributed by atoms with E-state index in [1.165, 1.54) is 30.2 Å². The van der Waals surface area contributed by atoms with Gasteiger partial charge in [0.15, 0.2) is 5.13 Å². The van der Waals surface area contributed by atoms with Gasteiger partial charge in [-0.1, -0.05) is 11.6 Å². The summed E-state index contributed by atoms with van der Waals surface area (Å²) in [4.78, 5) is 29.0. The average Bonchev–Trinajstić information content (AvgIpc) is 3.21. The standard InChI is InChI=1S/C21H20ClN3O4S2/c1-28-16-6-4-14(5-7-16)23-19(26)12-30-10-15-11-31-21(24-15)25-20(27)17-9-13(22)3-8-18(17)29-2/h3-9,11H,10,12H2,1-2H3,(H,23,26)(H,24,25,27). The second kappa shape index (κ2) is 11.0. The van der Waals surface area contributed by atoms with Crippen LogP contribution < -0.4 is 20.1 Å². The number of hydrogen-bond donors (Lipinski definition) is 2. The number of amides is 2. The first kappa shape index (κ1) is 22.9. The van der Waals surface area contributed by atoms with Crippen LogP contribution in [0.2, 0.25) is 5.02 Å². The van der Waals surface area contributed by atoms with Gasteiger partial charge in [-0.05, 0) is 42.5 Å². The lowest BCUT2D eigenvalue weighted by Gasteiger charge is -2.08. The fourth-order valence-electron chi connectivity index (χ4n) is 2.57. The van der Waals surface area contributed by atoms with Crippen LogP contribution in [0.25, 0.3) is 0 Å². The number of carbonyl (C=O) groups excluding carboxylic acids is 2. The Bertz CT molecular complexity index is 1060. The molecular weight excluding hydrogens is 458 g/mol. The van der Waals surface area contributed by atoms with Crippen molar-refractivity contribution in [2.45, 2.75) is 5.75 Å². The first-order valence-corrected chi connectivity index (χ1v) is 11.5. The van der Waals surface area contributed by atoms with Crippen LogP contribution >= 0.6 is 34.7 Å². The molecule has 31 heavy (non-hydrogen) atoms. The molecule has 162 valence electrons. The smallest absolute Gasteiger partial charge is 0.261 e. The number of hydrogen-bond acceptors (Lipinski definition) is 7. The number of anilines is 2. The number of halogens is 1. The quantitative estimate of drug-likeness (QED) is 0.454. The Morgan fingerprint density at radius 2 is 1.87 bits per heavy atom. The molecule has 2 amide bonds. The number of nitrogens with zero attached hydrogens (tertiary/aromatic N) is 1. The number of methoxy groups -OCH3 is 2. The lowest BCUT2D eigenvalue weighted by Crippen LogP contribution is -2.14. The van der Waals surface area contributed by atoms with Crippen LogP contribution in [-0.2, 0) is 10.5 Å². The lowest BCUT2D eigenvalue weighted by atomic mass is 10.2. The molecule has 3 rings (SSSR count). The Kier molecular flexibility index (Phi) is 8.16. The highest BCUT2D eigenvalue weighted by Crippen LogP contribution is 2.25. The predicted molar refractivity (Wildman–Crippen MR) is 126 cm³/mol. The summed E-state index contributed by atoms with van der Waals surface area (Å²) in [5.41, 5.74) is 1.82. The minimum atomic E-state index is -0.355. The number of thiazole rings is 1. The molecule has 0 saturated carbocycles. The lowest BCUT2D eigenvalue weighted by molar-refractivity contribution is -0.113. The maximum Gasteiger partial charge on any atom is 0.261 e. The molecule has 0 aliphatic rings. The largest absolute Gasteiger partial charge is 0.497 e. The van der Waals surface area contributed by atoms with Crippen LogP contribution in [0.3, 0.4) is 0 Å². The predicted octanol–water partition coefficient (Wildman–Crippen LogP) is 4.94. The molecule has 7 nitrogen and oxygen atoms in total. The van der Waals surface area contributed by atoms with E-state index < -0.39 is 0 Å². The molecule has 0 bridgehead atoms. The third-order valence-corrected chi connectivity index (χ3v) is 6.04. The van der Waals surface area contributed by atoms with Gasteiger partial charge >= 0.3 is 0 Å². The van der Waals surface area contributed by atoms with Gasteiger partial charge < -0.3 is 14.8 Å². The highest BCUT2D eigenvalue weighted by molar-refractivity contribution is 7.99. The highest BCUT2D eigenvalue weighted by atomic mass is 35.5. The number of nitrogens with one attached hydrogen (secondary N) is 2. The zero-order valence-corrected chi connectivity index (χ0v) is 19.2. The van der Waals surface area contributed by atoms with E-state index in [2.05, 4.69) is 15.6 Å². The Labute approximate surface area is 193 Å². The van der Waals surface area contributed by atoms with E-state index in [-0.39, 0.29) is 17.6 Å². The summed E-state index contributed by atoms with van der Waals surface area (Å²) in [7, 11) is 3.08. The molecule has 10 heteroatoms. The van der Waals surface area contributed by atoms with Crippen molar-refractivity contribution in [3.05, 3.63) is 64.1 Å². The highest BCUT2D eigenvalue weighted by Gasteiger charge is 2.15. The maximum absolute atomic E-state index is 12.5. The topological polar surface area (TPSA) is 89.6 Å². The molecular formula is C21H20ClN3O4S2. The van der Waals surface area contributed by atoms with Crippen LogP contribution in [0.15, 0.2) is 47.8 Å². The van der Waals surface area contributed by atoms with Gasteiger partial charge in [0.1, 0.15) is 11.5 Å². The third-order valence-electron chi connectivity index (χ3n) is 4.04. The van der Waals surface area contributed by atoms with E-state index in [1.54, 1.807) is 49.6 Å². The molecule has 3 aromatic rings. The van der Waals surface area contributed by atoms with Crippen LogP contribution in [0.5, 0.6) is 11.5 Å². The second-order valence-corrected chi connectivity index (χ2v) is 8.49. The van der Waals surface area contributed by atoms with Crippen molar-refractivity contribution in [1.82, 2.24) is 4.98 Å². The minimum absolute atomic E-state index is 0.105. The number of benzene rings is 2. The minimum Gasteiger partial charge on any atom is -0.497 e. The van der Waals surface area contributed by atoms with E-state index in [0.717, 1.165) is 11.4 Å². The first-order chi connectivity index (χ1) is 15.0. The molecule has 2 aromatic carbocycles. The van der Waals surface area contributed by atoms with Crippen molar-refractivity contribution in [2.24, 2.45) is 0 Å². The van der Waals surface area contributed by atoms with Crippen molar-refractivity contribution < 1.29 is 19.1 Å². The van der Waals surface area contributed by atoms with E-state index in [4.69, 9.17) is 21.1 Å². The fraction of sp³-hybridized carbons (Fsp3) is 0.190. The molecule has 0 unspecified atom stereocenters. The summed E-state index contributed by atoms with van der Waals surface area (Å²) in [5.74, 6) is 1.52. The van der Waals surface area contributed by atoms with Crippen LogP contribution in [0, 0.1) is 0 Å². The number of thioether (sulfide) groups is 1. The van der Waals surface area contributed by atoms with E-state index in [9.17, 15) is 9.59 Å². The number of aromatic nitrogens is 1. The average molecular weight is 478 g/mol. The molecule has 0 atom stereocenters. The van der Waals surface area contributed by atoms with Crippen molar-refractivity contribution in [1.29, 1.82) is 0 Å². The van der Waals surface area contributed by atoms with Gasteiger partial charge in [-0.25, -0.2) is 4.98 Å². The Morgan fingerprint density at radius 1 is 1.10 bits per heavy atom. The molecule has 0 saturated heterocycles. The van der Waals surface area contributed by atoms with Gasteiger partial charge in [0.25, 0.3) is 5.91 Å². The van der Waals surface area contributed by atoms with Gasteiger partial charge in [0, 0.05) is 21.8 Å². The molecule has 0 spiro atoms. The monoisotopic (exact) mass is 477 g/mol. The van der Waals surface area contributed by atoms with Crippen molar-refractivity contribution >= 4 is 57.3 Å².